The number of rotatable bonds is 4. The molecule has 0 saturated carbocycles. The van der Waals surface area contributed by atoms with Crippen molar-refractivity contribution < 1.29 is 14.3 Å². The zero-order chi connectivity index (χ0) is 16.9. The number of hydrogen-bond donors (Lipinski definition) is 2. The van der Waals surface area contributed by atoms with Gasteiger partial charge < -0.3 is 15.4 Å². The largest absolute Gasteiger partial charge is 0.442 e. The molecule has 0 spiro atoms. The third-order valence-corrected chi connectivity index (χ3v) is 3.79. The van der Waals surface area contributed by atoms with E-state index in [1.54, 1.807) is 36.4 Å². The molecule has 124 valence electrons. The number of anilines is 2. The van der Waals surface area contributed by atoms with E-state index >= 15 is 0 Å². The number of urea groups is 1. The molecule has 1 aliphatic rings. The number of benzene rings is 2. The third kappa shape index (κ3) is 3.97. The normalized spacial score (nSPS) is 16.6. The maximum Gasteiger partial charge on any atom is 0.414 e. The maximum absolute atomic E-state index is 11.9. The minimum Gasteiger partial charge on any atom is -0.442 e. The highest BCUT2D eigenvalue weighted by Gasteiger charge is 2.32. The van der Waals surface area contributed by atoms with Crippen LogP contribution in [0.3, 0.4) is 0 Å². The second-order valence-corrected chi connectivity index (χ2v) is 5.73. The molecule has 0 aliphatic carbocycles. The van der Waals surface area contributed by atoms with E-state index in [9.17, 15) is 9.59 Å². The van der Waals surface area contributed by atoms with E-state index in [0.29, 0.717) is 22.9 Å². The Hall–Kier alpha value is -2.73. The number of amides is 3. The summed E-state index contributed by atoms with van der Waals surface area (Å²) in [7, 11) is 0. The first kappa shape index (κ1) is 16.1. The van der Waals surface area contributed by atoms with Gasteiger partial charge in [-0.25, -0.2) is 9.59 Å². The molecule has 0 aromatic heterocycles. The topological polar surface area (TPSA) is 70.7 Å². The van der Waals surface area contributed by atoms with Crippen molar-refractivity contribution in [1.82, 2.24) is 5.32 Å². The highest BCUT2D eigenvalue weighted by molar-refractivity contribution is 6.30. The van der Waals surface area contributed by atoms with E-state index in [1.807, 2.05) is 18.2 Å². The molecule has 0 bridgehead atoms. The Kier molecular flexibility index (Phi) is 4.86. The molecular weight excluding hydrogens is 330 g/mol. The number of cyclic esters (lactones) is 1. The molecule has 3 rings (SSSR count). The predicted octanol–water partition coefficient (Wildman–Crippen LogP) is 3.49. The Morgan fingerprint density at radius 2 is 1.88 bits per heavy atom. The predicted molar refractivity (Wildman–Crippen MR) is 92.5 cm³/mol. The molecule has 1 atom stereocenters. The zero-order valence-electron chi connectivity index (χ0n) is 12.7. The highest BCUT2D eigenvalue weighted by Crippen LogP contribution is 2.23. The van der Waals surface area contributed by atoms with Crippen LogP contribution in [0.1, 0.15) is 0 Å². The van der Waals surface area contributed by atoms with Gasteiger partial charge in [0.25, 0.3) is 0 Å². The average molecular weight is 346 g/mol. The molecule has 24 heavy (non-hydrogen) atoms. The summed E-state index contributed by atoms with van der Waals surface area (Å²) in [6.07, 6.45) is -0.845. The molecule has 6 nitrogen and oxygen atoms in total. The van der Waals surface area contributed by atoms with Gasteiger partial charge in [-0.05, 0) is 36.4 Å². The summed E-state index contributed by atoms with van der Waals surface area (Å²) >= 11 is 5.85. The lowest BCUT2D eigenvalue weighted by Crippen LogP contribution is -2.37. The Balaban J connectivity index is 1.51. The van der Waals surface area contributed by atoms with E-state index in [0.717, 1.165) is 0 Å². The Labute approximate surface area is 144 Å². The smallest absolute Gasteiger partial charge is 0.414 e. The standard InChI is InChI=1S/C17H16ClN3O3/c18-12-6-8-14(9-7-12)21-11-15(24-17(21)23)10-19-16(22)20-13-4-2-1-3-5-13/h1-9,15H,10-11H2,(H2,19,20,22). The van der Waals surface area contributed by atoms with Crippen molar-refractivity contribution in [3.63, 3.8) is 0 Å². The van der Waals surface area contributed by atoms with Crippen LogP contribution in [0.5, 0.6) is 0 Å². The number of nitrogens with zero attached hydrogens (tertiary/aromatic N) is 1. The summed E-state index contributed by atoms with van der Waals surface area (Å²) in [4.78, 5) is 25.3. The summed E-state index contributed by atoms with van der Waals surface area (Å²) in [6.45, 7) is 0.598. The van der Waals surface area contributed by atoms with Crippen LogP contribution in [-0.2, 0) is 4.74 Å². The highest BCUT2D eigenvalue weighted by atomic mass is 35.5. The molecule has 1 fully saturated rings. The summed E-state index contributed by atoms with van der Waals surface area (Å²) in [5, 5.41) is 6.01. The van der Waals surface area contributed by atoms with Crippen molar-refractivity contribution >= 4 is 35.1 Å². The van der Waals surface area contributed by atoms with Crippen LogP contribution in [-0.4, -0.2) is 31.3 Å². The fraction of sp³-hybridized carbons (Fsp3) is 0.176. The first-order valence-electron chi connectivity index (χ1n) is 7.45. The van der Waals surface area contributed by atoms with Crippen LogP contribution in [0.15, 0.2) is 54.6 Å². The monoisotopic (exact) mass is 345 g/mol. The Morgan fingerprint density at radius 1 is 1.17 bits per heavy atom. The van der Waals surface area contributed by atoms with E-state index in [2.05, 4.69) is 10.6 Å². The molecular formula is C17H16ClN3O3. The van der Waals surface area contributed by atoms with Crippen molar-refractivity contribution in [2.45, 2.75) is 6.10 Å². The minimum atomic E-state index is -0.437. The summed E-state index contributed by atoms with van der Waals surface area (Å²) in [5.41, 5.74) is 1.40. The van der Waals surface area contributed by atoms with E-state index in [-0.39, 0.29) is 12.6 Å². The molecule has 1 saturated heterocycles. The van der Waals surface area contributed by atoms with E-state index in [1.165, 1.54) is 4.90 Å². The Morgan fingerprint density at radius 3 is 2.58 bits per heavy atom. The summed E-state index contributed by atoms with van der Waals surface area (Å²) < 4.78 is 5.27. The number of hydrogen-bond acceptors (Lipinski definition) is 3. The van der Waals surface area contributed by atoms with E-state index in [4.69, 9.17) is 16.3 Å². The molecule has 7 heteroatoms. The third-order valence-electron chi connectivity index (χ3n) is 3.53. The lowest BCUT2D eigenvalue weighted by atomic mass is 10.2. The lowest BCUT2D eigenvalue weighted by Gasteiger charge is -2.13. The van der Waals surface area contributed by atoms with Gasteiger partial charge in [0.05, 0.1) is 13.1 Å². The molecule has 2 aromatic rings. The molecule has 0 radical (unpaired) electrons. The van der Waals surface area contributed by atoms with Crippen molar-refractivity contribution in [2.75, 3.05) is 23.3 Å². The number of halogens is 1. The first-order valence-corrected chi connectivity index (χ1v) is 7.83. The number of nitrogens with one attached hydrogen (secondary N) is 2. The van der Waals surface area contributed by atoms with Gasteiger partial charge >= 0.3 is 12.1 Å². The molecule has 2 aromatic carbocycles. The van der Waals surface area contributed by atoms with Crippen molar-refractivity contribution in [1.29, 1.82) is 0 Å². The maximum atomic E-state index is 11.9. The fourth-order valence-electron chi connectivity index (χ4n) is 2.36. The second kappa shape index (κ2) is 7.23. The quantitative estimate of drug-likeness (QED) is 0.891. The van der Waals surface area contributed by atoms with Gasteiger partial charge in [-0.1, -0.05) is 29.8 Å². The Bertz CT molecular complexity index is 722. The lowest BCUT2D eigenvalue weighted by molar-refractivity contribution is 0.141. The first-order chi connectivity index (χ1) is 11.6. The van der Waals surface area contributed by atoms with Gasteiger partial charge in [-0.2, -0.15) is 0 Å². The number of para-hydroxylation sites is 1. The van der Waals surface area contributed by atoms with Gasteiger partial charge in [-0.15, -0.1) is 0 Å². The van der Waals surface area contributed by atoms with Crippen LogP contribution >= 0.6 is 11.6 Å². The second-order valence-electron chi connectivity index (χ2n) is 5.29. The van der Waals surface area contributed by atoms with Crippen molar-refractivity contribution in [3.05, 3.63) is 59.6 Å². The summed E-state index contributed by atoms with van der Waals surface area (Å²) in [5.74, 6) is 0. The van der Waals surface area contributed by atoms with E-state index < -0.39 is 12.2 Å². The van der Waals surface area contributed by atoms with Gasteiger partial charge in [0.2, 0.25) is 0 Å². The van der Waals surface area contributed by atoms with Crippen molar-refractivity contribution in [2.24, 2.45) is 0 Å². The SMILES string of the molecule is O=C(NCC1CN(c2ccc(Cl)cc2)C(=O)O1)Nc1ccccc1. The molecule has 3 amide bonds. The molecule has 1 heterocycles. The summed E-state index contributed by atoms with van der Waals surface area (Å²) in [6, 6.07) is 15.7. The molecule has 1 unspecified atom stereocenters. The van der Waals surface area contributed by atoms with Crippen LogP contribution in [0.4, 0.5) is 21.0 Å². The van der Waals surface area contributed by atoms with Crippen LogP contribution in [0, 0.1) is 0 Å². The average Bonchev–Trinajstić information content (AvgIpc) is 2.95. The molecule has 2 N–H and O–H groups in total. The van der Waals surface area contributed by atoms with Gasteiger partial charge in [0, 0.05) is 16.4 Å². The van der Waals surface area contributed by atoms with Crippen LogP contribution < -0.4 is 15.5 Å². The van der Waals surface area contributed by atoms with Gasteiger partial charge in [0.15, 0.2) is 0 Å². The fourth-order valence-corrected chi connectivity index (χ4v) is 2.49. The number of ether oxygens (including phenoxy) is 1. The van der Waals surface area contributed by atoms with Crippen LogP contribution in [0.25, 0.3) is 0 Å². The number of carbonyl (C=O) groups excluding carboxylic acids is 2. The number of carbonyl (C=O) groups is 2. The van der Waals surface area contributed by atoms with Gasteiger partial charge in [0.1, 0.15) is 6.10 Å². The van der Waals surface area contributed by atoms with Gasteiger partial charge in [-0.3, -0.25) is 4.90 Å². The minimum absolute atomic E-state index is 0.231. The molecule has 1 aliphatic heterocycles. The van der Waals surface area contributed by atoms with Crippen LogP contribution in [0.2, 0.25) is 5.02 Å². The zero-order valence-corrected chi connectivity index (χ0v) is 13.5. The van der Waals surface area contributed by atoms with Crippen molar-refractivity contribution in [3.8, 4) is 0 Å².